The second kappa shape index (κ2) is 9.91. The maximum absolute atomic E-state index is 12.9. The summed E-state index contributed by atoms with van der Waals surface area (Å²) in [6, 6.07) is 10.9. The minimum Gasteiger partial charge on any atom is -0.326 e. The van der Waals surface area contributed by atoms with E-state index in [1.807, 2.05) is 13.8 Å². The van der Waals surface area contributed by atoms with E-state index in [0.717, 1.165) is 24.8 Å². The van der Waals surface area contributed by atoms with Gasteiger partial charge in [0, 0.05) is 18.7 Å². The molecular weight excluding hydrogens is 450 g/mol. The molecule has 1 amide bonds. The first-order valence-corrected chi connectivity index (χ1v) is 13.8. The van der Waals surface area contributed by atoms with Gasteiger partial charge < -0.3 is 5.32 Å². The molecule has 8 nitrogen and oxygen atoms in total. The van der Waals surface area contributed by atoms with Crippen LogP contribution in [-0.2, 0) is 31.3 Å². The number of benzene rings is 2. The van der Waals surface area contributed by atoms with E-state index in [-0.39, 0.29) is 16.6 Å². The lowest BCUT2D eigenvalue weighted by atomic mass is 10.0. The van der Waals surface area contributed by atoms with Crippen molar-refractivity contribution in [3.63, 3.8) is 0 Å². The zero-order valence-corrected chi connectivity index (χ0v) is 19.9. The Balaban J connectivity index is 1.82. The minimum atomic E-state index is -3.89. The normalized spacial score (nSPS) is 14.0. The fraction of sp³-hybridized carbons (Fsp3) is 0.409. The van der Waals surface area contributed by atoms with E-state index in [2.05, 4.69) is 10.0 Å². The summed E-state index contributed by atoms with van der Waals surface area (Å²) in [7, 11) is -7.35. The number of nitrogens with zero attached hydrogens (tertiary/aromatic N) is 1. The van der Waals surface area contributed by atoms with Crippen molar-refractivity contribution < 1.29 is 21.6 Å². The number of carbonyl (C=O) groups excluding carboxylic acids is 1. The standard InChI is InChI=1S/C22H29N3O5S2/c1-3-6-22(26)23-18-10-12-20(13-11-18)32(29,30)24-19-9-8-17-7-5-14-25(21(17)16-19)31(27,28)15-4-2/h8-13,16,24H,3-7,14-15H2,1-2H3,(H,23,26). The van der Waals surface area contributed by atoms with Gasteiger partial charge >= 0.3 is 0 Å². The number of sulfonamides is 2. The Bertz CT molecular complexity index is 1180. The van der Waals surface area contributed by atoms with E-state index < -0.39 is 20.0 Å². The van der Waals surface area contributed by atoms with Gasteiger partial charge in [0.15, 0.2) is 0 Å². The third-order valence-electron chi connectivity index (χ3n) is 5.14. The van der Waals surface area contributed by atoms with Crippen LogP contribution >= 0.6 is 0 Å². The molecular formula is C22H29N3O5S2. The lowest BCUT2D eigenvalue weighted by Crippen LogP contribution is -2.37. The van der Waals surface area contributed by atoms with Gasteiger partial charge in [-0.1, -0.05) is 19.9 Å². The summed E-state index contributed by atoms with van der Waals surface area (Å²) in [5.41, 5.74) is 2.22. The molecule has 0 bridgehead atoms. The molecule has 3 rings (SSSR count). The van der Waals surface area contributed by atoms with E-state index in [9.17, 15) is 21.6 Å². The van der Waals surface area contributed by atoms with E-state index in [1.54, 1.807) is 18.2 Å². The summed E-state index contributed by atoms with van der Waals surface area (Å²) in [6.45, 7) is 4.10. The largest absolute Gasteiger partial charge is 0.326 e. The number of nitrogens with one attached hydrogen (secondary N) is 2. The molecule has 0 saturated carbocycles. The molecule has 0 unspecified atom stereocenters. The summed E-state index contributed by atoms with van der Waals surface area (Å²) in [4.78, 5) is 11.7. The number of hydrogen-bond donors (Lipinski definition) is 2. The zero-order chi connectivity index (χ0) is 23.4. The number of rotatable bonds is 9. The molecule has 0 fully saturated rings. The number of amides is 1. The molecule has 0 atom stereocenters. The van der Waals surface area contributed by atoms with Gasteiger partial charge in [0.25, 0.3) is 10.0 Å². The number of aryl methyl sites for hydroxylation is 1. The minimum absolute atomic E-state index is 0.0409. The lowest BCUT2D eigenvalue weighted by molar-refractivity contribution is -0.116. The molecule has 0 radical (unpaired) electrons. The molecule has 0 aliphatic carbocycles. The Hall–Kier alpha value is -2.59. The SMILES string of the molecule is CCCC(=O)Nc1ccc(S(=O)(=O)Nc2ccc3c(c2)N(S(=O)(=O)CCC)CCC3)cc1. The molecule has 32 heavy (non-hydrogen) atoms. The summed E-state index contributed by atoms with van der Waals surface area (Å²) >= 11 is 0. The highest BCUT2D eigenvalue weighted by Crippen LogP contribution is 2.33. The van der Waals surface area contributed by atoms with Gasteiger partial charge in [0.05, 0.1) is 22.0 Å². The number of carbonyl (C=O) groups is 1. The topological polar surface area (TPSA) is 113 Å². The Kier molecular flexibility index (Phi) is 7.45. The lowest BCUT2D eigenvalue weighted by Gasteiger charge is -2.31. The molecule has 0 spiro atoms. The van der Waals surface area contributed by atoms with Crippen LogP contribution in [-0.4, -0.2) is 35.0 Å². The third-order valence-corrected chi connectivity index (χ3v) is 8.51. The van der Waals surface area contributed by atoms with Crippen molar-refractivity contribution in [2.45, 2.75) is 50.8 Å². The highest BCUT2D eigenvalue weighted by atomic mass is 32.2. The van der Waals surface area contributed by atoms with Crippen LogP contribution in [0.2, 0.25) is 0 Å². The van der Waals surface area contributed by atoms with E-state index >= 15 is 0 Å². The third kappa shape index (κ3) is 5.60. The van der Waals surface area contributed by atoms with Gasteiger partial charge in [0.1, 0.15) is 0 Å². The molecule has 2 aromatic carbocycles. The first-order chi connectivity index (χ1) is 15.2. The highest BCUT2D eigenvalue weighted by Gasteiger charge is 2.27. The van der Waals surface area contributed by atoms with Crippen LogP contribution in [0.25, 0.3) is 0 Å². The fourth-order valence-electron chi connectivity index (χ4n) is 3.64. The summed E-state index contributed by atoms with van der Waals surface area (Å²) in [5.74, 6) is -0.0818. The molecule has 2 N–H and O–H groups in total. The average molecular weight is 480 g/mol. The first kappa shape index (κ1) is 24.1. The molecule has 0 aromatic heterocycles. The van der Waals surface area contributed by atoms with Crippen LogP contribution in [0.4, 0.5) is 17.1 Å². The van der Waals surface area contributed by atoms with Crippen LogP contribution in [0.15, 0.2) is 47.4 Å². The zero-order valence-electron chi connectivity index (χ0n) is 18.3. The van der Waals surface area contributed by atoms with Crippen molar-refractivity contribution in [1.29, 1.82) is 0 Å². The smallest absolute Gasteiger partial charge is 0.261 e. The predicted octanol–water partition coefficient (Wildman–Crippen LogP) is 3.72. The monoisotopic (exact) mass is 479 g/mol. The van der Waals surface area contributed by atoms with Crippen molar-refractivity contribution >= 4 is 43.0 Å². The van der Waals surface area contributed by atoms with Crippen molar-refractivity contribution in [3.05, 3.63) is 48.0 Å². The maximum Gasteiger partial charge on any atom is 0.261 e. The molecule has 0 saturated heterocycles. The first-order valence-electron chi connectivity index (χ1n) is 10.7. The van der Waals surface area contributed by atoms with Crippen LogP contribution in [0.1, 0.15) is 45.1 Å². The Morgan fingerprint density at radius 2 is 1.66 bits per heavy atom. The summed E-state index contributed by atoms with van der Waals surface area (Å²) in [5, 5.41) is 2.72. The van der Waals surface area contributed by atoms with Gasteiger partial charge in [0.2, 0.25) is 15.9 Å². The van der Waals surface area contributed by atoms with Crippen molar-refractivity contribution in [2.24, 2.45) is 0 Å². The molecule has 174 valence electrons. The van der Waals surface area contributed by atoms with Gasteiger partial charge in [-0.3, -0.25) is 13.8 Å². The van der Waals surface area contributed by atoms with Crippen LogP contribution in [0.3, 0.4) is 0 Å². The van der Waals surface area contributed by atoms with Crippen molar-refractivity contribution in [3.8, 4) is 0 Å². The predicted molar refractivity (Wildman–Crippen MR) is 127 cm³/mol. The Morgan fingerprint density at radius 1 is 0.969 bits per heavy atom. The van der Waals surface area contributed by atoms with Crippen LogP contribution in [0, 0.1) is 0 Å². The summed E-state index contributed by atoms with van der Waals surface area (Å²) in [6.07, 6.45) is 3.09. The second-order valence-corrected chi connectivity index (χ2v) is 11.5. The Morgan fingerprint density at radius 3 is 2.31 bits per heavy atom. The van der Waals surface area contributed by atoms with Gasteiger partial charge in [-0.15, -0.1) is 0 Å². The van der Waals surface area contributed by atoms with Crippen LogP contribution in [0.5, 0.6) is 0 Å². The summed E-state index contributed by atoms with van der Waals surface area (Å²) < 4.78 is 55.0. The number of anilines is 3. The molecule has 1 heterocycles. The highest BCUT2D eigenvalue weighted by molar-refractivity contribution is 7.93. The van der Waals surface area contributed by atoms with E-state index in [1.165, 1.54) is 28.6 Å². The van der Waals surface area contributed by atoms with Crippen molar-refractivity contribution in [1.82, 2.24) is 0 Å². The Labute approximate surface area is 190 Å². The molecule has 10 heteroatoms. The average Bonchev–Trinajstić information content (AvgIpc) is 2.73. The van der Waals surface area contributed by atoms with Gasteiger partial charge in [-0.25, -0.2) is 16.8 Å². The van der Waals surface area contributed by atoms with E-state index in [4.69, 9.17) is 0 Å². The number of fused-ring (bicyclic) bond motifs is 1. The molecule has 1 aliphatic rings. The van der Waals surface area contributed by atoms with E-state index in [0.29, 0.717) is 36.4 Å². The molecule has 1 aliphatic heterocycles. The van der Waals surface area contributed by atoms with Crippen LogP contribution < -0.4 is 14.3 Å². The fourth-order valence-corrected chi connectivity index (χ4v) is 6.31. The van der Waals surface area contributed by atoms with Gasteiger partial charge in [-0.05, 0) is 67.6 Å². The molecule has 2 aromatic rings. The second-order valence-electron chi connectivity index (χ2n) is 7.76. The quantitative estimate of drug-likeness (QED) is 0.569. The van der Waals surface area contributed by atoms with Crippen molar-refractivity contribution in [2.75, 3.05) is 26.6 Å². The maximum atomic E-state index is 12.9. The number of hydrogen-bond acceptors (Lipinski definition) is 5. The van der Waals surface area contributed by atoms with Gasteiger partial charge in [-0.2, -0.15) is 0 Å².